The van der Waals surface area contributed by atoms with Gasteiger partial charge in [-0.3, -0.25) is 0 Å². The number of carbonyl (C=O) groups is 2. The van der Waals surface area contributed by atoms with Crippen LogP contribution in [0.15, 0.2) is 30.3 Å². The molecule has 3 aliphatic rings. The van der Waals surface area contributed by atoms with E-state index in [1.807, 2.05) is 0 Å². The van der Waals surface area contributed by atoms with Gasteiger partial charge in [-0.2, -0.15) is 0 Å². The zero-order chi connectivity index (χ0) is 32.7. The lowest BCUT2D eigenvalue weighted by atomic mass is 9.82. The molecular weight excluding hydrogens is 608 g/mol. The molecule has 2 unspecified atom stereocenters. The Morgan fingerprint density at radius 3 is 2.04 bits per heavy atom. The molecule has 1 saturated heterocycles. The third-order valence-corrected chi connectivity index (χ3v) is 7.89. The Balaban J connectivity index is 1.48. The van der Waals surface area contributed by atoms with Crippen molar-refractivity contribution in [2.24, 2.45) is 0 Å². The van der Waals surface area contributed by atoms with Gasteiger partial charge >= 0.3 is 11.9 Å². The average molecular weight is 632 g/mol. The molecule has 0 amide bonds. The van der Waals surface area contributed by atoms with Crippen molar-refractivity contribution in [2.75, 3.05) is 6.61 Å². The van der Waals surface area contributed by atoms with Crippen LogP contribution in [-0.4, -0.2) is 98.8 Å². The third kappa shape index (κ3) is 4.09. The zero-order valence-electron chi connectivity index (χ0n) is 22.5. The molecule has 6 atom stereocenters. The number of aliphatic hydroxyl groups excluding tert-OH is 2. The molecule has 17 heteroatoms. The first kappa shape index (κ1) is 29.7. The second-order valence-corrected chi connectivity index (χ2v) is 10.6. The molecule has 3 aromatic rings. The van der Waals surface area contributed by atoms with Gasteiger partial charge in [0.15, 0.2) is 46.7 Å². The van der Waals surface area contributed by atoms with Crippen molar-refractivity contribution in [3.8, 4) is 51.7 Å². The number of hydrogen-bond donors (Lipinski definition) is 11. The summed E-state index contributed by atoms with van der Waals surface area (Å²) in [5, 5.41) is 113. The van der Waals surface area contributed by atoms with Gasteiger partial charge in [-0.25, -0.2) is 9.59 Å². The number of ether oxygens (including phenoxy) is 4. The third-order valence-electron chi connectivity index (χ3n) is 7.89. The SMILES string of the molecule is O=C(O[C@@H]1Cc2c(O)cc3c(c2O[C@@H]1c1cc(O)c(O)c(O)c1)C1(O)C(=O)O[C@H]([C@H](O)CO)C1(O)O3)c1cc(O)c(O)c(O)c1. The lowest BCUT2D eigenvalue weighted by molar-refractivity contribution is -0.251. The van der Waals surface area contributed by atoms with Crippen LogP contribution in [0.2, 0.25) is 0 Å². The van der Waals surface area contributed by atoms with Crippen molar-refractivity contribution in [3.63, 3.8) is 0 Å². The van der Waals surface area contributed by atoms with Crippen molar-refractivity contribution >= 4 is 11.9 Å². The molecule has 3 heterocycles. The Morgan fingerprint density at radius 1 is 0.889 bits per heavy atom. The fourth-order valence-corrected chi connectivity index (χ4v) is 5.68. The van der Waals surface area contributed by atoms with E-state index in [4.69, 9.17) is 18.9 Å². The molecule has 11 N–H and O–H groups in total. The van der Waals surface area contributed by atoms with Gasteiger partial charge in [0.2, 0.25) is 0 Å². The van der Waals surface area contributed by atoms with Gasteiger partial charge in [0.05, 0.1) is 17.7 Å². The topological polar surface area (TPSA) is 294 Å². The molecule has 0 radical (unpaired) electrons. The number of cyclic esters (lactones) is 1. The first-order valence-corrected chi connectivity index (χ1v) is 13.0. The number of aliphatic hydroxyl groups is 4. The number of phenolic OH excluding ortho intramolecular Hbond substituents is 7. The van der Waals surface area contributed by atoms with Crippen LogP contribution in [0.1, 0.15) is 33.2 Å². The summed E-state index contributed by atoms with van der Waals surface area (Å²) >= 11 is 0. The van der Waals surface area contributed by atoms with E-state index in [0.717, 1.165) is 30.3 Å². The lowest BCUT2D eigenvalue weighted by Crippen LogP contribution is -2.59. The number of carbonyl (C=O) groups excluding carboxylic acids is 2. The summed E-state index contributed by atoms with van der Waals surface area (Å²) in [5.74, 6) is -12.6. The molecule has 6 rings (SSSR count). The Bertz CT molecular complexity index is 1720. The van der Waals surface area contributed by atoms with E-state index in [0.29, 0.717) is 0 Å². The highest BCUT2D eigenvalue weighted by Gasteiger charge is 2.77. The highest BCUT2D eigenvalue weighted by Crippen LogP contribution is 2.61. The first-order valence-electron chi connectivity index (χ1n) is 13.0. The number of aromatic hydroxyl groups is 7. The van der Waals surface area contributed by atoms with E-state index in [2.05, 4.69) is 0 Å². The van der Waals surface area contributed by atoms with E-state index in [9.17, 15) is 65.8 Å². The van der Waals surface area contributed by atoms with Crippen LogP contribution < -0.4 is 9.47 Å². The van der Waals surface area contributed by atoms with E-state index in [1.54, 1.807) is 0 Å². The Hall–Kier alpha value is -5.36. The second kappa shape index (κ2) is 9.83. The van der Waals surface area contributed by atoms with E-state index >= 15 is 0 Å². The van der Waals surface area contributed by atoms with Crippen molar-refractivity contribution in [1.29, 1.82) is 0 Å². The highest BCUT2D eigenvalue weighted by atomic mass is 16.7. The fraction of sp³-hybridized carbons (Fsp3) is 0.286. The van der Waals surface area contributed by atoms with E-state index in [1.165, 1.54) is 0 Å². The Morgan fingerprint density at radius 2 is 1.47 bits per heavy atom. The molecule has 3 aliphatic heterocycles. The molecule has 45 heavy (non-hydrogen) atoms. The predicted octanol–water partition coefficient (Wildman–Crippen LogP) is -0.925. The standard InChI is InChI=1S/C28H24O17/c29-7-16(35)24-28(41)27(40,26(39)44-24)19-17(45-28)6-11(30)10-5-18(42-25(38)9-3-14(33)21(37)15(34)4-9)22(43-23(10)19)8-1-12(31)20(36)13(32)2-8/h1-4,6,16,18,22,24,29-37,40-41H,5,7H2/t16-,18-,22-,24-,27?,28?/m1/s1. The number of benzene rings is 3. The molecule has 0 saturated carbocycles. The number of fused-ring (bicyclic) bond motifs is 5. The number of phenols is 7. The molecule has 238 valence electrons. The first-order chi connectivity index (χ1) is 21.1. The maximum Gasteiger partial charge on any atom is 0.351 e. The van der Waals surface area contributed by atoms with Gasteiger partial charge in [-0.15, -0.1) is 0 Å². The number of rotatable bonds is 5. The number of hydrogen-bond acceptors (Lipinski definition) is 17. The van der Waals surface area contributed by atoms with E-state index in [-0.39, 0.29) is 11.1 Å². The lowest BCUT2D eigenvalue weighted by Gasteiger charge is -2.36. The quantitative estimate of drug-likeness (QED) is 0.120. The summed E-state index contributed by atoms with van der Waals surface area (Å²) in [6, 6.07) is 4.30. The van der Waals surface area contributed by atoms with Gasteiger partial charge in [-0.1, -0.05) is 0 Å². The van der Waals surface area contributed by atoms with Crippen molar-refractivity contribution in [2.45, 2.75) is 42.2 Å². The molecule has 0 aliphatic carbocycles. The molecule has 17 nitrogen and oxygen atoms in total. The van der Waals surface area contributed by atoms with Gasteiger partial charge in [0, 0.05) is 23.6 Å². The summed E-state index contributed by atoms with van der Waals surface area (Å²) in [5.41, 5.74) is -4.51. The van der Waals surface area contributed by atoms with Gasteiger partial charge in [-0.05, 0) is 24.3 Å². The van der Waals surface area contributed by atoms with Crippen molar-refractivity contribution in [3.05, 3.63) is 52.6 Å². The summed E-state index contributed by atoms with van der Waals surface area (Å²) in [7, 11) is 0. The molecular formula is C28H24O17. The maximum atomic E-state index is 13.1. The minimum Gasteiger partial charge on any atom is -0.507 e. The fourth-order valence-electron chi connectivity index (χ4n) is 5.68. The number of esters is 2. The predicted molar refractivity (Wildman–Crippen MR) is 140 cm³/mol. The zero-order valence-corrected chi connectivity index (χ0v) is 22.5. The summed E-state index contributed by atoms with van der Waals surface area (Å²) in [6.45, 7) is -1.02. The smallest absolute Gasteiger partial charge is 0.351 e. The van der Waals surface area contributed by atoms with Gasteiger partial charge in [0.25, 0.3) is 11.4 Å². The van der Waals surface area contributed by atoms with Crippen LogP contribution in [0.3, 0.4) is 0 Å². The Kier molecular flexibility index (Phi) is 6.49. The van der Waals surface area contributed by atoms with Crippen LogP contribution >= 0.6 is 0 Å². The minimum absolute atomic E-state index is 0.163. The molecule has 1 fully saturated rings. The molecule has 0 aromatic heterocycles. The largest absolute Gasteiger partial charge is 0.507 e. The molecule has 3 aromatic carbocycles. The van der Waals surface area contributed by atoms with Gasteiger partial charge < -0.3 is 75.1 Å². The monoisotopic (exact) mass is 632 g/mol. The van der Waals surface area contributed by atoms with Crippen LogP contribution in [0, 0.1) is 0 Å². The minimum atomic E-state index is -3.10. The van der Waals surface area contributed by atoms with Crippen LogP contribution in [0.25, 0.3) is 0 Å². The van der Waals surface area contributed by atoms with Gasteiger partial charge in [0.1, 0.15) is 29.5 Å². The van der Waals surface area contributed by atoms with E-state index < -0.39 is 124 Å². The summed E-state index contributed by atoms with van der Waals surface area (Å²) in [6.07, 6.45) is -7.51. The average Bonchev–Trinajstić information content (AvgIpc) is 3.34. The molecule has 0 spiro atoms. The normalized spacial score (nSPS) is 26.9. The second-order valence-electron chi connectivity index (χ2n) is 10.6. The summed E-state index contributed by atoms with van der Waals surface area (Å²) < 4.78 is 22.0. The molecule has 0 bridgehead atoms. The van der Waals surface area contributed by atoms with Crippen LogP contribution in [0.5, 0.6) is 51.7 Å². The summed E-state index contributed by atoms with van der Waals surface area (Å²) in [4.78, 5) is 26.1. The van der Waals surface area contributed by atoms with Crippen molar-refractivity contribution < 1.29 is 84.7 Å². The van der Waals surface area contributed by atoms with Crippen molar-refractivity contribution in [1.82, 2.24) is 0 Å². The highest BCUT2D eigenvalue weighted by molar-refractivity contribution is 5.92. The van der Waals surface area contributed by atoms with Crippen LogP contribution in [0.4, 0.5) is 0 Å². The Labute approximate surface area is 250 Å². The maximum absolute atomic E-state index is 13.1. The van der Waals surface area contributed by atoms with Crippen LogP contribution in [-0.2, 0) is 26.3 Å².